The Bertz CT molecular complexity index is 1860. The van der Waals surface area contributed by atoms with Gasteiger partial charge in [0.05, 0.1) is 18.7 Å². The summed E-state index contributed by atoms with van der Waals surface area (Å²) < 4.78 is 0. The highest BCUT2D eigenvalue weighted by atomic mass is 16.4. The standard InChI is InChI=1S/C38H37N5O6/c1-2-18-41-25-35(45)42-33(20-26-14-16-32(44)17-15-26)36(46)40(24-34(42)43(41)38(49)39-22-27-8-4-3-5-9-27)23-28-10-6-11-29(19-28)30-12-7-13-31(21-30)37(47)48/h2-17,19,21,33-34,44H,1,18,20,22-25H2,(H,39,49)(H,47,48)/t33-,34-/m0/s1. The number of nitrogens with one attached hydrogen (secondary N) is 1. The van der Waals surface area contributed by atoms with Crippen LogP contribution >= 0.6 is 0 Å². The molecule has 3 N–H and O–H groups in total. The molecule has 0 aliphatic carbocycles. The number of carbonyl (C=O) groups excluding carboxylic acids is 3. The van der Waals surface area contributed by atoms with Gasteiger partial charge in [-0.2, -0.15) is 0 Å². The largest absolute Gasteiger partial charge is 0.508 e. The average molecular weight is 660 g/mol. The Morgan fingerprint density at radius 3 is 2.27 bits per heavy atom. The van der Waals surface area contributed by atoms with E-state index in [2.05, 4.69) is 11.9 Å². The number of piperazine rings is 1. The molecule has 6 rings (SSSR count). The van der Waals surface area contributed by atoms with Gasteiger partial charge in [0.25, 0.3) is 0 Å². The number of fused-ring (bicyclic) bond motifs is 1. The van der Waals surface area contributed by atoms with Crippen LogP contribution in [0.5, 0.6) is 5.75 Å². The molecule has 11 nitrogen and oxygen atoms in total. The molecule has 0 saturated carbocycles. The predicted molar refractivity (Wildman–Crippen MR) is 183 cm³/mol. The molecule has 11 heteroatoms. The number of carboxylic acids is 1. The van der Waals surface area contributed by atoms with E-state index in [1.807, 2.05) is 60.7 Å². The molecule has 0 aromatic heterocycles. The van der Waals surface area contributed by atoms with Crippen LogP contribution in [-0.4, -0.2) is 85.7 Å². The topological polar surface area (TPSA) is 134 Å². The number of phenols is 1. The SMILES string of the molecule is C=CCN1CC(=O)N2[C@@H](Cc3ccc(O)cc3)C(=O)N(Cc3cccc(-c4cccc(C(=O)O)c4)c3)C[C@@H]2N1C(=O)NCc1ccccc1. The monoisotopic (exact) mass is 659 g/mol. The maximum atomic E-state index is 14.3. The lowest BCUT2D eigenvalue weighted by atomic mass is 9.97. The van der Waals surface area contributed by atoms with E-state index in [0.717, 1.165) is 27.8 Å². The Labute approximate surface area is 284 Å². The summed E-state index contributed by atoms with van der Waals surface area (Å²) in [6.45, 7) is 4.48. The van der Waals surface area contributed by atoms with Crippen LogP contribution in [0.4, 0.5) is 4.79 Å². The third-order valence-corrected chi connectivity index (χ3v) is 8.77. The summed E-state index contributed by atoms with van der Waals surface area (Å²) in [7, 11) is 0. The van der Waals surface area contributed by atoms with Gasteiger partial charge < -0.3 is 25.3 Å². The minimum absolute atomic E-state index is 0.0573. The maximum absolute atomic E-state index is 14.3. The van der Waals surface area contributed by atoms with E-state index in [-0.39, 0.29) is 62.3 Å². The molecule has 49 heavy (non-hydrogen) atoms. The number of phenolic OH excluding ortho intramolecular Hbond substituents is 1. The third-order valence-electron chi connectivity index (χ3n) is 8.77. The second-order valence-electron chi connectivity index (χ2n) is 12.1. The number of aromatic carboxylic acids is 1. The van der Waals surface area contributed by atoms with Crippen LogP contribution in [-0.2, 0) is 29.1 Å². The fraction of sp³-hybridized carbons (Fsp3) is 0.211. The summed E-state index contributed by atoms with van der Waals surface area (Å²) in [6.07, 6.45) is 0.998. The van der Waals surface area contributed by atoms with Crippen LogP contribution in [0.15, 0.2) is 116 Å². The molecule has 2 saturated heterocycles. The fourth-order valence-electron chi connectivity index (χ4n) is 6.45. The van der Waals surface area contributed by atoms with Crippen molar-refractivity contribution >= 4 is 23.8 Å². The number of nitrogens with zero attached hydrogens (tertiary/aromatic N) is 4. The average Bonchev–Trinajstić information content (AvgIpc) is 3.10. The van der Waals surface area contributed by atoms with Gasteiger partial charge in [0.15, 0.2) is 0 Å². The van der Waals surface area contributed by atoms with E-state index in [1.165, 1.54) is 28.1 Å². The van der Waals surface area contributed by atoms with Crippen molar-refractivity contribution in [2.24, 2.45) is 0 Å². The number of rotatable bonds is 10. The first-order valence-electron chi connectivity index (χ1n) is 16.0. The zero-order chi connectivity index (χ0) is 34.5. The van der Waals surface area contributed by atoms with Gasteiger partial charge in [-0.25, -0.2) is 19.6 Å². The molecule has 2 fully saturated rings. The van der Waals surface area contributed by atoms with E-state index in [9.17, 15) is 29.4 Å². The van der Waals surface area contributed by atoms with E-state index in [4.69, 9.17) is 0 Å². The van der Waals surface area contributed by atoms with Crippen LogP contribution in [0, 0.1) is 0 Å². The lowest BCUT2D eigenvalue weighted by Crippen LogP contribution is -2.76. The maximum Gasteiger partial charge on any atom is 0.335 e. The summed E-state index contributed by atoms with van der Waals surface area (Å²) in [5.74, 6) is -1.48. The van der Waals surface area contributed by atoms with Crippen LogP contribution in [0.1, 0.15) is 27.0 Å². The summed E-state index contributed by atoms with van der Waals surface area (Å²) >= 11 is 0. The molecule has 4 aromatic rings. The highest BCUT2D eigenvalue weighted by Crippen LogP contribution is 2.30. The molecule has 250 valence electrons. The second kappa shape index (κ2) is 14.4. The van der Waals surface area contributed by atoms with Gasteiger partial charge in [0, 0.05) is 26.1 Å². The molecular weight excluding hydrogens is 622 g/mol. The lowest BCUT2D eigenvalue weighted by molar-refractivity contribution is -0.189. The minimum atomic E-state index is -1.02. The van der Waals surface area contributed by atoms with Crippen molar-refractivity contribution in [1.29, 1.82) is 0 Å². The summed E-state index contributed by atoms with van der Waals surface area (Å²) in [5.41, 5.74) is 4.15. The van der Waals surface area contributed by atoms with Gasteiger partial charge in [-0.05, 0) is 58.1 Å². The molecule has 2 atom stereocenters. The number of urea groups is 1. The van der Waals surface area contributed by atoms with Gasteiger partial charge in [-0.3, -0.25) is 9.59 Å². The number of benzene rings is 4. The van der Waals surface area contributed by atoms with Crippen molar-refractivity contribution in [3.63, 3.8) is 0 Å². The fourth-order valence-corrected chi connectivity index (χ4v) is 6.45. The lowest BCUT2D eigenvalue weighted by Gasteiger charge is -2.55. The number of hydrazine groups is 1. The number of aromatic hydroxyl groups is 1. The summed E-state index contributed by atoms with van der Waals surface area (Å²) in [6, 6.07) is 28.9. The van der Waals surface area contributed by atoms with Gasteiger partial charge in [-0.15, -0.1) is 6.58 Å². The molecule has 0 spiro atoms. The number of carboxylic acid groups (broad SMARTS) is 1. The summed E-state index contributed by atoms with van der Waals surface area (Å²) in [5, 5.41) is 25.5. The van der Waals surface area contributed by atoms with Gasteiger partial charge in [0.1, 0.15) is 18.0 Å². The van der Waals surface area contributed by atoms with Crippen LogP contribution in [0.25, 0.3) is 11.1 Å². The van der Waals surface area contributed by atoms with E-state index in [0.29, 0.717) is 0 Å². The van der Waals surface area contributed by atoms with Gasteiger partial charge in [-0.1, -0.05) is 78.9 Å². The molecule has 0 radical (unpaired) electrons. The highest BCUT2D eigenvalue weighted by molar-refractivity contribution is 5.92. The second-order valence-corrected chi connectivity index (χ2v) is 12.1. The molecule has 2 aliphatic heterocycles. The van der Waals surface area contributed by atoms with Crippen LogP contribution in [0.3, 0.4) is 0 Å². The zero-order valence-corrected chi connectivity index (χ0v) is 26.8. The number of hydrogen-bond donors (Lipinski definition) is 3. The van der Waals surface area contributed by atoms with Gasteiger partial charge >= 0.3 is 12.0 Å². The Balaban J connectivity index is 1.34. The Morgan fingerprint density at radius 2 is 1.55 bits per heavy atom. The Morgan fingerprint density at radius 1 is 0.857 bits per heavy atom. The first-order valence-corrected chi connectivity index (χ1v) is 16.0. The van der Waals surface area contributed by atoms with E-state index < -0.39 is 24.2 Å². The highest BCUT2D eigenvalue weighted by Gasteiger charge is 2.51. The molecule has 4 amide bonds. The van der Waals surface area contributed by atoms with Crippen molar-refractivity contribution < 1.29 is 29.4 Å². The Kier molecular flexibility index (Phi) is 9.72. The molecule has 2 heterocycles. The van der Waals surface area contributed by atoms with Crippen molar-refractivity contribution in [3.8, 4) is 16.9 Å². The zero-order valence-electron chi connectivity index (χ0n) is 26.8. The Hall–Kier alpha value is -5.94. The number of amides is 4. The van der Waals surface area contributed by atoms with Gasteiger partial charge in [0.2, 0.25) is 11.8 Å². The van der Waals surface area contributed by atoms with Crippen LogP contribution < -0.4 is 5.32 Å². The van der Waals surface area contributed by atoms with Crippen molar-refractivity contribution in [3.05, 3.63) is 138 Å². The quantitative estimate of drug-likeness (QED) is 0.214. The predicted octanol–water partition coefficient (Wildman–Crippen LogP) is 4.49. The third kappa shape index (κ3) is 7.31. The first kappa shape index (κ1) is 33.0. The smallest absolute Gasteiger partial charge is 0.335 e. The normalized spacial score (nSPS) is 17.8. The van der Waals surface area contributed by atoms with E-state index in [1.54, 1.807) is 40.3 Å². The minimum Gasteiger partial charge on any atom is -0.508 e. The molecule has 0 unspecified atom stereocenters. The molecular formula is C38H37N5O6. The summed E-state index contributed by atoms with van der Waals surface area (Å²) in [4.78, 5) is 56.9. The first-order chi connectivity index (χ1) is 23.7. The molecule has 0 bridgehead atoms. The van der Waals surface area contributed by atoms with Crippen molar-refractivity contribution in [1.82, 2.24) is 25.1 Å². The van der Waals surface area contributed by atoms with Crippen LogP contribution in [0.2, 0.25) is 0 Å². The number of hydrogen-bond acceptors (Lipinski definition) is 6. The molecule has 2 aliphatic rings. The van der Waals surface area contributed by atoms with Crippen molar-refractivity contribution in [2.75, 3.05) is 19.6 Å². The molecule has 4 aromatic carbocycles. The van der Waals surface area contributed by atoms with Crippen molar-refractivity contribution in [2.45, 2.75) is 31.7 Å². The van der Waals surface area contributed by atoms with E-state index >= 15 is 0 Å². The number of carbonyl (C=O) groups is 4.